The van der Waals surface area contributed by atoms with Crippen molar-refractivity contribution >= 4 is 66.4 Å². The number of allylic oxidation sites excluding steroid dienone is 1. The highest BCUT2D eigenvalue weighted by Crippen LogP contribution is 2.32. The van der Waals surface area contributed by atoms with E-state index in [0.717, 1.165) is 21.6 Å². The van der Waals surface area contributed by atoms with Crippen LogP contribution in [0.4, 0.5) is 0 Å². The Kier molecular flexibility index (Phi) is 6.87. The number of carbonyl (C=O) groups excluding carboxylic acids is 2. The number of benzene rings is 1. The second kappa shape index (κ2) is 9.51. The first-order valence-electron chi connectivity index (χ1n) is 9.94. The summed E-state index contributed by atoms with van der Waals surface area (Å²) in [4.78, 5) is 29.8. The Hall–Kier alpha value is -2.31. The standard InChI is InChI=1S/C21H20ClN3O5S3/c1-3-10-24-14-7-6-13(20(27)30-2)12-16(14)31-21(24)23-19(26)15-5-4-11-25(15)33(28,29)18-9-8-17(22)32-18/h3,6-9,12,15H,1,4-5,10-11H2,2H3. The molecule has 0 saturated carbocycles. The van der Waals surface area contributed by atoms with E-state index in [1.165, 1.54) is 34.9 Å². The Morgan fingerprint density at radius 2 is 2.09 bits per heavy atom. The zero-order valence-electron chi connectivity index (χ0n) is 17.6. The van der Waals surface area contributed by atoms with E-state index in [9.17, 15) is 18.0 Å². The number of esters is 1. The third-order valence-electron chi connectivity index (χ3n) is 5.22. The molecule has 0 N–H and O–H groups in total. The summed E-state index contributed by atoms with van der Waals surface area (Å²) in [5.41, 5.74) is 1.17. The van der Waals surface area contributed by atoms with Gasteiger partial charge in [0.25, 0.3) is 15.9 Å². The summed E-state index contributed by atoms with van der Waals surface area (Å²) in [7, 11) is -2.54. The molecule has 0 bridgehead atoms. The minimum absolute atomic E-state index is 0.103. The Labute approximate surface area is 203 Å². The average molecular weight is 526 g/mol. The number of fused-ring (bicyclic) bond motifs is 1. The van der Waals surface area contributed by atoms with Crippen molar-refractivity contribution in [2.45, 2.75) is 29.6 Å². The molecule has 33 heavy (non-hydrogen) atoms. The summed E-state index contributed by atoms with van der Waals surface area (Å²) in [5.74, 6) is -0.994. The van der Waals surface area contributed by atoms with Crippen LogP contribution in [0, 0.1) is 0 Å². The number of rotatable bonds is 6. The lowest BCUT2D eigenvalue weighted by atomic mass is 10.2. The van der Waals surface area contributed by atoms with Crippen LogP contribution in [0.1, 0.15) is 23.2 Å². The van der Waals surface area contributed by atoms with E-state index in [4.69, 9.17) is 16.3 Å². The normalized spacial score (nSPS) is 17.5. The van der Waals surface area contributed by atoms with Crippen molar-refractivity contribution in [3.05, 3.63) is 57.7 Å². The molecule has 0 spiro atoms. The molecule has 1 aliphatic heterocycles. The van der Waals surface area contributed by atoms with Crippen LogP contribution in [0.3, 0.4) is 0 Å². The molecule has 0 aliphatic carbocycles. The van der Waals surface area contributed by atoms with Crippen LogP contribution >= 0.6 is 34.3 Å². The number of thiazole rings is 1. The predicted molar refractivity (Wildman–Crippen MR) is 128 cm³/mol. The van der Waals surface area contributed by atoms with Gasteiger partial charge in [-0.2, -0.15) is 9.30 Å². The number of halogens is 1. The van der Waals surface area contributed by atoms with Crippen LogP contribution in [-0.4, -0.2) is 48.9 Å². The molecule has 1 aromatic carbocycles. The molecule has 174 valence electrons. The van der Waals surface area contributed by atoms with Crippen molar-refractivity contribution in [2.24, 2.45) is 4.99 Å². The van der Waals surface area contributed by atoms with Crippen molar-refractivity contribution in [3.63, 3.8) is 0 Å². The third-order valence-corrected chi connectivity index (χ3v) is 9.87. The van der Waals surface area contributed by atoms with Crippen molar-refractivity contribution in [3.8, 4) is 0 Å². The van der Waals surface area contributed by atoms with Crippen LogP contribution in [0.15, 0.2) is 52.2 Å². The monoisotopic (exact) mass is 525 g/mol. The molecule has 4 rings (SSSR count). The van der Waals surface area contributed by atoms with Gasteiger partial charge in [-0.3, -0.25) is 4.79 Å². The first-order valence-corrected chi connectivity index (χ1v) is 13.4. The highest BCUT2D eigenvalue weighted by atomic mass is 35.5. The van der Waals surface area contributed by atoms with Gasteiger partial charge in [-0.05, 0) is 43.2 Å². The smallest absolute Gasteiger partial charge is 0.337 e. The number of nitrogens with zero attached hydrogens (tertiary/aromatic N) is 3. The van der Waals surface area contributed by atoms with E-state index in [0.29, 0.717) is 34.1 Å². The first-order chi connectivity index (χ1) is 15.8. The van der Waals surface area contributed by atoms with Crippen molar-refractivity contribution in [1.82, 2.24) is 8.87 Å². The lowest BCUT2D eigenvalue weighted by Gasteiger charge is -2.20. The van der Waals surface area contributed by atoms with Gasteiger partial charge in [-0.25, -0.2) is 13.2 Å². The highest BCUT2D eigenvalue weighted by Gasteiger charge is 2.40. The number of hydrogen-bond acceptors (Lipinski definition) is 7. The summed E-state index contributed by atoms with van der Waals surface area (Å²) in [6.45, 7) is 4.40. The fourth-order valence-electron chi connectivity index (χ4n) is 3.70. The molecule has 8 nitrogen and oxygen atoms in total. The number of aromatic nitrogens is 1. The van der Waals surface area contributed by atoms with Gasteiger partial charge < -0.3 is 9.30 Å². The lowest BCUT2D eigenvalue weighted by Crippen LogP contribution is -2.40. The Morgan fingerprint density at radius 1 is 1.30 bits per heavy atom. The van der Waals surface area contributed by atoms with Gasteiger partial charge in [-0.1, -0.05) is 29.0 Å². The minimum Gasteiger partial charge on any atom is -0.465 e. The van der Waals surface area contributed by atoms with Crippen LogP contribution in [0.2, 0.25) is 4.34 Å². The number of hydrogen-bond donors (Lipinski definition) is 0. The number of methoxy groups -OCH3 is 1. The maximum atomic E-state index is 13.2. The molecule has 3 aromatic rings. The molecular formula is C21H20ClN3O5S3. The highest BCUT2D eigenvalue weighted by molar-refractivity contribution is 7.91. The van der Waals surface area contributed by atoms with Gasteiger partial charge in [0.1, 0.15) is 10.3 Å². The number of carbonyl (C=O) groups is 2. The Balaban J connectivity index is 1.73. The fourth-order valence-corrected chi connectivity index (χ4v) is 8.05. The summed E-state index contributed by atoms with van der Waals surface area (Å²) in [6.07, 6.45) is 2.63. The molecule has 3 heterocycles. The Morgan fingerprint density at radius 3 is 2.76 bits per heavy atom. The maximum Gasteiger partial charge on any atom is 0.337 e. The number of amides is 1. The van der Waals surface area contributed by atoms with Gasteiger partial charge in [-0.15, -0.1) is 17.9 Å². The maximum absolute atomic E-state index is 13.2. The molecule has 2 aromatic heterocycles. The summed E-state index contributed by atoms with van der Waals surface area (Å²) >= 11 is 8.11. The largest absolute Gasteiger partial charge is 0.465 e. The van der Waals surface area contributed by atoms with Crippen LogP contribution < -0.4 is 4.80 Å². The van der Waals surface area contributed by atoms with Crippen molar-refractivity contribution in [1.29, 1.82) is 0 Å². The average Bonchev–Trinajstić information content (AvgIpc) is 3.52. The molecule has 1 unspecified atom stereocenters. The minimum atomic E-state index is -3.85. The predicted octanol–water partition coefficient (Wildman–Crippen LogP) is 3.67. The molecular weight excluding hydrogens is 506 g/mol. The number of ether oxygens (including phenoxy) is 1. The first kappa shape index (κ1) is 23.8. The molecule has 1 fully saturated rings. The van der Waals surface area contributed by atoms with Gasteiger partial charge in [0.2, 0.25) is 0 Å². The topological polar surface area (TPSA) is 98.0 Å². The van der Waals surface area contributed by atoms with E-state index in [-0.39, 0.29) is 10.8 Å². The van der Waals surface area contributed by atoms with E-state index >= 15 is 0 Å². The zero-order chi connectivity index (χ0) is 23.8. The quantitative estimate of drug-likeness (QED) is 0.361. The summed E-state index contributed by atoms with van der Waals surface area (Å²) in [6, 6.07) is 7.17. The van der Waals surface area contributed by atoms with Crippen molar-refractivity contribution in [2.75, 3.05) is 13.7 Å². The van der Waals surface area contributed by atoms with Gasteiger partial charge >= 0.3 is 5.97 Å². The molecule has 1 aliphatic rings. The number of sulfonamides is 1. The van der Waals surface area contributed by atoms with E-state index in [2.05, 4.69) is 11.6 Å². The third kappa shape index (κ3) is 4.56. The number of thiophene rings is 1. The van der Waals surface area contributed by atoms with Crippen LogP contribution in [0.5, 0.6) is 0 Å². The molecule has 1 saturated heterocycles. The fraction of sp³-hybridized carbons (Fsp3) is 0.286. The van der Waals surface area contributed by atoms with E-state index in [1.54, 1.807) is 28.8 Å². The Bertz CT molecular complexity index is 1420. The van der Waals surface area contributed by atoms with Crippen molar-refractivity contribution < 1.29 is 22.7 Å². The van der Waals surface area contributed by atoms with Crippen LogP contribution in [0.25, 0.3) is 10.2 Å². The lowest BCUT2D eigenvalue weighted by molar-refractivity contribution is -0.121. The molecule has 12 heteroatoms. The molecule has 1 atom stereocenters. The second-order valence-corrected chi connectivity index (χ2v) is 12.1. The van der Waals surface area contributed by atoms with Crippen LogP contribution in [-0.2, 0) is 26.1 Å². The zero-order valence-corrected chi connectivity index (χ0v) is 20.8. The van der Waals surface area contributed by atoms with Gasteiger partial charge in [0.05, 0.1) is 27.2 Å². The molecule has 0 radical (unpaired) electrons. The van der Waals surface area contributed by atoms with Gasteiger partial charge in [0.15, 0.2) is 4.80 Å². The van der Waals surface area contributed by atoms with E-state index in [1.807, 2.05) is 0 Å². The molecule has 1 amide bonds. The van der Waals surface area contributed by atoms with E-state index < -0.39 is 27.9 Å². The summed E-state index contributed by atoms with van der Waals surface area (Å²) in [5, 5.41) is 0. The summed E-state index contributed by atoms with van der Waals surface area (Å²) < 4.78 is 35.2. The van der Waals surface area contributed by atoms with Gasteiger partial charge in [0, 0.05) is 13.1 Å². The second-order valence-electron chi connectivity index (χ2n) is 7.24. The SMILES string of the molecule is C=CCn1c(=NC(=O)C2CCCN2S(=O)(=O)c2ccc(Cl)s2)sc2cc(C(=O)OC)ccc21.